The highest BCUT2D eigenvalue weighted by atomic mass is 31.2. The average molecular weight is 375 g/mol. The summed E-state index contributed by atoms with van der Waals surface area (Å²) in [5, 5.41) is -1.54. The van der Waals surface area contributed by atoms with E-state index < -0.39 is 39.7 Å². The Hall–Kier alpha value is -0.370. The highest BCUT2D eigenvalue weighted by Crippen LogP contribution is 2.73. The fourth-order valence-corrected chi connectivity index (χ4v) is 5.40. The van der Waals surface area contributed by atoms with E-state index in [0.717, 1.165) is 12.1 Å². The lowest BCUT2D eigenvalue weighted by molar-refractivity contribution is 0.289. The van der Waals surface area contributed by atoms with E-state index in [1.165, 1.54) is 12.1 Å². The monoisotopic (exact) mass is 375 g/mol. The molecule has 13 heteroatoms. The van der Waals surface area contributed by atoms with Crippen molar-refractivity contribution in [3.63, 3.8) is 0 Å². The molecule has 22 heavy (non-hydrogen) atoms. The van der Waals surface area contributed by atoms with Crippen LogP contribution in [0.3, 0.4) is 0 Å². The molecule has 0 aromatic heterocycles. The van der Waals surface area contributed by atoms with Crippen LogP contribution in [0.1, 0.15) is 11.1 Å². The summed E-state index contributed by atoms with van der Waals surface area (Å²) in [5.41, 5.74) is 0.178. The first-order valence-corrected chi connectivity index (χ1v) is 10.7. The van der Waals surface area contributed by atoms with Crippen LogP contribution in [0, 0.1) is 6.92 Å². The van der Waals surface area contributed by atoms with Crippen LogP contribution in [0.2, 0.25) is 0 Å². The summed E-state index contributed by atoms with van der Waals surface area (Å²) in [6, 6.07) is 4.85. The topological polar surface area (TPSA) is 185 Å². The third-order valence-corrected chi connectivity index (χ3v) is 7.48. The summed E-state index contributed by atoms with van der Waals surface area (Å²) >= 11 is 0. The van der Waals surface area contributed by atoms with Gasteiger partial charge in [-0.2, -0.15) is 0 Å². The maximum absolute atomic E-state index is 11.8. The van der Waals surface area contributed by atoms with E-state index >= 15 is 0 Å². The van der Waals surface area contributed by atoms with E-state index in [-0.39, 0.29) is 0 Å². The molecule has 0 spiro atoms. The van der Waals surface area contributed by atoms with Crippen LogP contribution < -0.4 is 5.32 Å². The van der Waals surface area contributed by atoms with Crippen molar-refractivity contribution in [1.82, 2.24) is 5.32 Å². The highest BCUT2D eigenvalue weighted by Gasteiger charge is 2.62. The Morgan fingerprint density at radius 3 is 1.64 bits per heavy atom. The molecule has 0 radical (unpaired) electrons. The molecule has 0 atom stereocenters. The van der Waals surface area contributed by atoms with Gasteiger partial charge >= 0.3 is 22.8 Å². The second-order valence-electron chi connectivity index (χ2n) is 4.63. The molecule has 0 unspecified atom stereocenters. The number of benzene rings is 1. The van der Waals surface area contributed by atoms with Gasteiger partial charge in [0.25, 0.3) is 0 Å². The predicted octanol–water partition coefficient (Wildman–Crippen LogP) is 0.186. The molecular formula is C9H16NO9P3. The van der Waals surface area contributed by atoms with Crippen molar-refractivity contribution in [2.45, 2.75) is 11.9 Å². The Morgan fingerprint density at radius 2 is 1.32 bits per heavy atom. The first-order chi connectivity index (χ1) is 9.71. The van der Waals surface area contributed by atoms with Crippen molar-refractivity contribution in [1.29, 1.82) is 0 Å². The lowest BCUT2D eigenvalue weighted by atomic mass is 10.1. The summed E-state index contributed by atoms with van der Waals surface area (Å²) in [6.45, 7) is 1.64. The Kier molecular flexibility index (Phi) is 5.60. The summed E-state index contributed by atoms with van der Waals surface area (Å²) in [7, 11) is -16.0. The third kappa shape index (κ3) is 4.13. The molecule has 0 saturated carbocycles. The molecule has 126 valence electrons. The van der Waals surface area contributed by atoms with E-state index in [9.17, 15) is 33.3 Å². The second kappa shape index (κ2) is 6.26. The van der Waals surface area contributed by atoms with Gasteiger partial charge in [0.05, 0.1) is 0 Å². The smallest absolute Gasteiger partial charge is 0.324 e. The van der Waals surface area contributed by atoms with Gasteiger partial charge in [-0.15, -0.1) is 0 Å². The van der Waals surface area contributed by atoms with Crippen LogP contribution in [0.4, 0.5) is 0 Å². The molecular weight excluding hydrogens is 359 g/mol. The van der Waals surface area contributed by atoms with Gasteiger partial charge in [0.1, 0.15) is 6.29 Å². The molecule has 7 N–H and O–H groups in total. The molecule has 10 nitrogen and oxygen atoms in total. The fraction of sp³-hybridized carbons (Fsp3) is 0.333. The van der Waals surface area contributed by atoms with Crippen LogP contribution >= 0.6 is 22.8 Å². The zero-order valence-corrected chi connectivity index (χ0v) is 13.9. The van der Waals surface area contributed by atoms with Gasteiger partial charge in [-0.1, -0.05) is 29.8 Å². The number of nitrogens with one attached hydrogen (secondary N) is 1. The SMILES string of the molecule is Cc1ccc(C(NCP(=O)(O)O)(P(=O)(O)O)P(=O)(O)O)cc1. The van der Waals surface area contributed by atoms with E-state index in [4.69, 9.17) is 9.79 Å². The van der Waals surface area contributed by atoms with Gasteiger partial charge < -0.3 is 29.4 Å². The Bertz CT molecular complexity index is 648. The second-order valence-corrected chi connectivity index (χ2v) is 10.1. The number of hydrogen-bond donors (Lipinski definition) is 7. The summed E-state index contributed by atoms with van der Waals surface area (Å²) in [5.74, 6) is 0. The quantitative estimate of drug-likeness (QED) is 0.338. The molecule has 1 aromatic rings. The van der Waals surface area contributed by atoms with Crippen LogP contribution in [0.25, 0.3) is 0 Å². The molecule has 0 fully saturated rings. The largest absolute Gasteiger partial charge is 0.362 e. The number of hydrogen-bond acceptors (Lipinski definition) is 4. The first kappa shape index (κ1) is 19.7. The Labute approximate surface area is 125 Å². The fourth-order valence-electron chi connectivity index (χ4n) is 1.81. The van der Waals surface area contributed by atoms with Gasteiger partial charge in [-0.25, -0.2) is 0 Å². The number of rotatable bonds is 6. The van der Waals surface area contributed by atoms with Crippen molar-refractivity contribution in [2.75, 3.05) is 6.29 Å². The average Bonchev–Trinajstić information content (AvgIpc) is 2.26. The Morgan fingerprint density at radius 1 is 0.909 bits per heavy atom. The zero-order valence-electron chi connectivity index (χ0n) is 11.3. The summed E-state index contributed by atoms with van der Waals surface area (Å²) in [6.07, 6.45) is -1.32. The van der Waals surface area contributed by atoms with Gasteiger partial charge in [0.15, 0.2) is 0 Å². The summed E-state index contributed by atoms with van der Waals surface area (Å²) in [4.78, 5) is 55.6. The lowest BCUT2D eigenvalue weighted by Gasteiger charge is -2.35. The maximum atomic E-state index is 11.8. The predicted molar refractivity (Wildman–Crippen MR) is 77.0 cm³/mol. The molecule has 0 aliphatic heterocycles. The standard InChI is InChI=1S/C9H16NO9P3/c1-7-2-4-8(5-3-7)9(21(14,15)16,22(17,18)19)10-6-20(11,12)13/h2-5,10H,6H2,1H3,(H2,11,12,13)(H2,14,15,16)(H2,17,18,19). The van der Waals surface area contributed by atoms with Crippen LogP contribution in [0.5, 0.6) is 0 Å². The van der Waals surface area contributed by atoms with Gasteiger partial charge in [-0.3, -0.25) is 19.0 Å². The first-order valence-electron chi connectivity index (χ1n) is 5.69. The zero-order chi connectivity index (χ0) is 17.4. The minimum atomic E-state index is -5.57. The normalized spacial score (nSPS) is 14.1. The molecule has 0 heterocycles. The molecule has 0 bridgehead atoms. The third-order valence-electron chi connectivity index (χ3n) is 2.83. The van der Waals surface area contributed by atoms with Crippen LogP contribution in [0.15, 0.2) is 24.3 Å². The molecule has 0 aliphatic carbocycles. The van der Waals surface area contributed by atoms with Gasteiger partial charge in [-0.05, 0) is 12.5 Å². The van der Waals surface area contributed by atoms with Crippen molar-refractivity contribution in [3.05, 3.63) is 35.4 Å². The van der Waals surface area contributed by atoms with Gasteiger partial charge in [0, 0.05) is 0 Å². The maximum Gasteiger partial charge on any atom is 0.362 e. The van der Waals surface area contributed by atoms with E-state index in [1.807, 2.05) is 0 Å². The minimum absolute atomic E-state index is 0.479. The molecule has 1 aromatic carbocycles. The highest BCUT2D eigenvalue weighted by molar-refractivity contribution is 7.71. The lowest BCUT2D eigenvalue weighted by Crippen LogP contribution is -2.42. The van der Waals surface area contributed by atoms with Crippen LogP contribution in [-0.4, -0.2) is 35.6 Å². The van der Waals surface area contributed by atoms with Crippen molar-refractivity contribution >= 4 is 22.8 Å². The van der Waals surface area contributed by atoms with Gasteiger partial charge in [0.2, 0.25) is 5.02 Å². The van der Waals surface area contributed by atoms with Crippen LogP contribution in [-0.2, 0) is 18.7 Å². The molecule has 0 aliphatic rings. The molecule has 0 saturated heterocycles. The van der Waals surface area contributed by atoms with E-state index in [0.29, 0.717) is 5.56 Å². The van der Waals surface area contributed by atoms with E-state index in [2.05, 4.69) is 0 Å². The number of aryl methyl sites for hydroxylation is 1. The van der Waals surface area contributed by atoms with Crippen molar-refractivity contribution < 1.29 is 43.1 Å². The molecule has 1 rings (SSSR count). The van der Waals surface area contributed by atoms with Crippen molar-refractivity contribution in [3.8, 4) is 0 Å². The summed E-state index contributed by atoms with van der Waals surface area (Å²) < 4.78 is 34.5. The van der Waals surface area contributed by atoms with E-state index in [1.54, 1.807) is 12.2 Å². The Balaban J connectivity index is 3.60. The molecule has 0 amide bonds. The minimum Gasteiger partial charge on any atom is -0.324 e. The van der Waals surface area contributed by atoms with Crippen molar-refractivity contribution in [2.24, 2.45) is 0 Å².